The topological polar surface area (TPSA) is 50.9 Å². The van der Waals surface area contributed by atoms with Gasteiger partial charge < -0.3 is 5.11 Å². The maximum atomic E-state index is 12.8. The number of aromatic nitrogens is 3. The number of aromatic hydroxyl groups is 1. The number of nitrogens with zero attached hydrogens (tertiary/aromatic N) is 3. The summed E-state index contributed by atoms with van der Waals surface area (Å²) >= 11 is 0. The van der Waals surface area contributed by atoms with E-state index in [0.717, 1.165) is 73.3 Å². The van der Waals surface area contributed by atoms with Gasteiger partial charge in [0.05, 0.1) is 22.3 Å². The zero-order valence-corrected chi connectivity index (χ0v) is 48.9. The zero-order chi connectivity index (χ0) is 52.4. The number of imidazole rings is 1. The third-order valence-corrected chi connectivity index (χ3v) is 15.7. The van der Waals surface area contributed by atoms with Crippen LogP contribution in [0, 0.1) is 6.07 Å². The van der Waals surface area contributed by atoms with Gasteiger partial charge in [-0.05, 0) is 119 Å². The van der Waals surface area contributed by atoms with E-state index in [1.165, 1.54) is 38.6 Å². The first-order valence-electron chi connectivity index (χ1n) is 26.3. The number of hydrogen-bond donors (Lipinski definition) is 1. The number of phenols is 1. The molecule has 0 aliphatic heterocycles. The molecule has 0 bridgehead atoms. The molecule has 74 heavy (non-hydrogen) atoms. The second-order valence-electron chi connectivity index (χ2n) is 26.4. The summed E-state index contributed by atoms with van der Waals surface area (Å²) in [5.41, 5.74) is 18.2. The van der Waals surface area contributed by atoms with Crippen molar-refractivity contribution in [3.63, 3.8) is 0 Å². The average molecular weight is 1160 g/mol. The third-order valence-electron chi connectivity index (χ3n) is 15.7. The number of benzene rings is 7. The molecule has 0 unspecified atom stereocenters. The van der Waals surface area contributed by atoms with Gasteiger partial charge in [0.1, 0.15) is 11.6 Å². The summed E-state index contributed by atoms with van der Waals surface area (Å²) in [4.78, 5) is 10.8. The first-order valence-corrected chi connectivity index (χ1v) is 26.3. The Hall–Kier alpha value is -6.09. The molecular formula is C69H74N3OPt-. The predicted octanol–water partition coefficient (Wildman–Crippen LogP) is 18.6. The van der Waals surface area contributed by atoms with E-state index < -0.39 is 0 Å². The minimum absolute atomic E-state index is 0. The molecule has 4 nitrogen and oxygen atoms in total. The van der Waals surface area contributed by atoms with Crippen LogP contribution in [-0.2, 0) is 53.6 Å². The summed E-state index contributed by atoms with van der Waals surface area (Å²) in [5, 5.41) is 15.5. The van der Waals surface area contributed by atoms with Crippen LogP contribution in [0.25, 0.3) is 83.5 Å². The molecule has 1 aliphatic rings. The third kappa shape index (κ3) is 9.40. The SMILES string of the molecule is CC(C)(C)c1cc(-c2cc(-c3ccccc3)ccn2)[c-]c(-c2cccc3c2nc(-c2cc(C(C)(C)C)cc(C(C)(C)C)c2O)n3-c2ccc(C(C)(C)C)cc2-c2ccc3c4c(cccc24)C(C)(C)CC3(C)C)c1.[Pt]. The number of pyridine rings is 1. The fraction of sp³-hybridized carbons (Fsp3) is 0.333. The van der Waals surface area contributed by atoms with Crippen molar-refractivity contribution < 1.29 is 26.2 Å². The van der Waals surface area contributed by atoms with Crippen LogP contribution >= 0.6 is 0 Å². The van der Waals surface area contributed by atoms with E-state index >= 15 is 0 Å². The first kappa shape index (κ1) is 52.8. The number of hydrogen-bond acceptors (Lipinski definition) is 3. The van der Waals surface area contributed by atoms with Crippen LogP contribution in [0.15, 0.2) is 140 Å². The number of phenolic OH excluding ortho intramolecular Hbond substituents is 1. The fourth-order valence-electron chi connectivity index (χ4n) is 11.7. The van der Waals surface area contributed by atoms with E-state index in [-0.39, 0.29) is 59.3 Å². The Balaban J connectivity index is 0.00000672. The maximum absolute atomic E-state index is 12.8. The van der Waals surface area contributed by atoms with E-state index in [0.29, 0.717) is 11.4 Å². The van der Waals surface area contributed by atoms with E-state index in [1.807, 2.05) is 6.20 Å². The molecular weight excluding hydrogens is 1080 g/mol. The summed E-state index contributed by atoms with van der Waals surface area (Å²) in [6, 6.07) is 52.9. The minimum atomic E-state index is -0.350. The molecule has 9 aromatic rings. The van der Waals surface area contributed by atoms with Crippen LogP contribution in [0.3, 0.4) is 0 Å². The van der Waals surface area contributed by atoms with Crippen LogP contribution in [0.1, 0.15) is 151 Å². The smallest absolute Gasteiger partial charge is 0.148 e. The summed E-state index contributed by atoms with van der Waals surface area (Å²) in [5.74, 6) is 0.946. The monoisotopic (exact) mass is 1160 g/mol. The van der Waals surface area contributed by atoms with Crippen LogP contribution < -0.4 is 0 Å². The largest absolute Gasteiger partial charge is 0.507 e. The molecule has 0 spiro atoms. The number of para-hydroxylation sites is 1. The standard InChI is InChI=1S/C69H74N3O.Pt/c1-64(2,3)46-28-31-58(52(38-46)50-29-30-55-60-51(50)25-20-26-54(60)68(13,14)41-69(55,15)16)72-59-27-21-24-49(61(59)71-63(72)53-39-48(66(7,8)9)40-56(62(53)73)67(10,11)12)44-34-45(36-47(35-44)65(4,5)6)57-37-43(32-33-70-57)42-22-18-17-19-23-42;/h17-33,35-40,73H,41H2,1-16H3;/q-1;. The van der Waals surface area contributed by atoms with Crippen LogP contribution in [0.5, 0.6) is 5.75 Å². The van der Waals surface area contributed by atoms with Gasteiger partial charge in [0.25, 0.3) is 0 Å². The first-order chi connectivity index (χ1) is 34.1. The molecule has 1 aliphatic carbocycles. The average Bonchev–Trinajstić information content (AvgIpc) is 3.71. The molecule has 10 rings (SSSR count). The van der Waals surface area contributed by atoms with Gasteiger partial charge in [0.2, 0.25) is 0 Å². The van der Waals surface area contributed by atoms with Crippen molar-refractivity contribution in [3.05, 3.63) is 179 Å². The molecule has 0 saturated heterocycles. The van der Waals surface area contributed by atoms with E-state index in [9.17, 15) is 5.11 Å². The van der Waals surface area contributed by atoms with E-state index in [1.54, 1.807) is 0 Å². The van der Waals surface area contributed by atoms with Crippen LogP contribution in [0.2, 0.25) is 0 Å². The van der Waals surface area contributed by atoms with Crippen LogP contribution in [0.4, 0.5) is 0 Å². The Labute approximate surface area is 456 Å². The summed E-state index contributed by atoms with van der Waals surface area (Å²) in [6.45, 7) is 36.6. The van der Waals surface area contributed by atoms with Gasteiger partial charge in [0.15, 0.2) is 0 Å². The zero-order valence-electron chi connectivity index (χ0n) is 46.6. The van der Waals surface area contributed by atoms with Crippen molar-refractivity contribution in [2.45, 2.75) is 150 Å². The van der Waals surface area contributed by atoms with Gasteiger partial charge in [-0.25, -0.2) is 4.98 Å². The summed E-state index contributed by atoms with van der Waals surface area (Å²) < 4.78 is 2.34. The molecule has 0 radical (unpaired) electrons. The Kier molecular flexibility index (Phi) is 13.1. The van der Waals surface area contributed by atoms with Crippen molar-refractivity contribution >= 4 is 21.8 Å². The van der Waals surface area contributed by atoms with E-state index in [2.05, 4.69) is 255 Å². The van der Waals surface area contributed by atoms with Crippen molar-refractivity contribution in [2.24, 2.45) is 0 Å². The van der Waals surface area contributed by atoms with Crippen LogP contribution in [-0.4, -0.2) is 19.6 Å². The Morgan fingerprint density at radius 2 is 1.15 bits per heavy atom. The molecule has 2 heterocycles. The summed E-state index contributed by atoms with van der Waals surface area (Å²) in [7, 11) is 0. The van der Waals surface area contributed by atoms with Crippen molar-refractivity contribution in [2.75, 3.05) is 0 Å². The molecule has 7 aromatic carbocycles. The Bertz CT molecular complexity index is 3620. The van der Waals surface area contributed by atoms with Gasteiger partial charge >= 0.3 is 0 Å². The normalized spacial score (nSPS) is 14.6. The van der Waals surface area contributed by atoms with Crippen molar-refractivity contribution in [3.8, 4) is 67.5 Å². The molecule has 382 valence electrons. The van der Waals surface area contributed by atoms with Gasteiger partial charge in [-0.3, -0.25) is 9.55 Å². The molecule has 2 aromatic heterocycles. The Morgan fingerprint density at radius 1 is 0.527 bits per heavy atom. The molecule has 0 saturated carbocycles. The minimum Gasteiger partial charge on any atom is -0.507 e. The van der Waals surface area contributed by atoms with Gasteiger partial charge in [-0.1, -0.05) is 213 Å². The van der Waals surface area contributed by atoms with E-state index in [4.69, 9.17) is 9.97 Å². The second-order valence-corrected chi connectivity index (χ2v) is 26.4. The quantitative estimate of drug-likeness (QED) is 0.169. The summed E-state index contributed by atoms with van der Waals surface area (Å²) in [6.07, 6.45) is 2.98. The Morgan fingerprint density at radius 3 is 1.81 bits per heavy atom. The molecule has 0 amide bonds. The maximum Gasteiger partial charge on any atom is 0.148 e. The fourth-order valence-corrected chi connectivity index (χ4v) is 11.7. The van der Waals surface area contributed by atoms with Gasteiger partial charge in [-0.2, -0.15) is 0 Å². The molecule has 5 heteroatoms. The van der Waals surface area contributed by atoms with Crippen molar-refractivity contribution in [1.82, 2.24) is 14.5 Å². The molecule has 0 atom stereocenters. The second kappa shape index (κ2) is 18.3. The van der Waals surface area contributed by atoms with Crippen molar-refractivity contribution in [1.29, 1.82) is 0 Å². The van der Waals surface area contributed by atoms with Gasteiger partial charge in [0, 0.05) is 44.1 Å². The van der Waals surface area contributed by atoms with Gasteiger partial charge in [-0.15, -0.1) is 29.3 Å². The predicted molar refractivity (Wildman–Crippen MR) is 310 cm³/mol. The molecule has 1 N–H and O–H groups in total. The number of rotatable bonds is 6. The number of fused-ring (bicyclic) bond motifs is 1. The molecule has 0 fully saturated rings.